The zero-order chi connectivity index (χ0) is 19.9. The summed E-state index contributed by atoms with van der Waals surface area (Å²) in [5, 5.41) is 14.4. The number of carbonyl (C=O) groups excluding carboxylic acids is 2. The van der Waals surface area contributed by atoms with Crippen molar-refractivity contribution in [1.82, 2.24) is 5.32 Å². The van der Waals surface area contributed by atoms with Crippen LogP contribution in [0.15, 0.2) is 72.8 Å². The second-order valence-electron chi connectivity index (χ2n) is 6.39. The van der Waals surface area contributed by atoms with Crippen LogP contribution in [-0.4, -0.2) is 11.8 Å². The number of nitrogens with zero attached hydrogens (tertiary/aromatic N) is 1. The second kappa shape index (κ2) is 8.65. The molecule has 138 valence electrons. The number of benzene rings is 3. The lowest BCUT2D eigenvalue weighted by atomic mass is 10.1. The highest BCUT2D eigenvalue weighted by Crippen LogP contribution is 2.12. The van der Waals surface area contributed by atoms with Gasteiger partial charge in [-0.1, -0.05) is 29.8 Å². The highest BCUT2D eigenvalue weighted by atomic mass is 16.2. The Labute approximate surface area is 163 Å². The number of aryl methyl sites for hydroxylation is 1. The molecule has 28 heavy (non-hydrogen) atoms. The molecule has 5 nitrogen and oxygen atoms in total. The van der Waals surface area contributed by atoms with Crippen LogP contribution < -0.4 is 10.6 Å². The summed E-state index contributed by atoms with van der Waals surface area (Å²) < 4.78 is 0. The van der Waals surface area contributed by atoms with Gasteiger partial charge in [0.05, 0.1) is 11.6 Å². The van der Waals surface area contributed by atoms with Crippen molar-refractivity contribution in [1.29, 1.82) is 5.26 Å². The van der Waals surface area contributed by atoms with Crippen molar-refractivity contribution in [3.63, 3.8) is 0 Å². The van der Waals surface area contributed by atoms with Crippen molar-refractivity contribution in [3.8, 4) is 6.07 Å². The lowest BCUT2D eigenvalue weighted by molar-refractivity contribution is 0.0949. The number of anilines is 1. The second-order valence-corrected chi connectivity index (χ2v) is 6.39. The summed E-state index contributed by atoms with van der Waals surface area (Å²) in [6, 6.07) is 23.1. The minimum atomic E-state index is -0.281. The monoisotopic (exact) mass is 369 g/mol. The summed E-state index contributed by atoms with van der Waals surface area (Å²) in [5.74, 6) is -0.476. The summed E-state index contributed by atoms with van der Waals surface area (Å²) >= 11 is 0. The first-order valence-corrected chi connectivity index (χ1v) is 8.80. The molecular formula is C23H19N3O2. The van der Waals surface area contributed by atoms with E-state index in [9.17, 15) is 9.59 Å². The van der Waals surface area contributed by atoms with E-state index in [0.29, 0.717) is 28.9 Å². The predicted molar refractivity (Wildman–Crippen MR) is 108 cm³/mol. The maximum absolute atomic E-state index is 12.3. The molecule has 0 saturated heterocycles. The first-order chi connectivity index (χ1) is 13.5. The summed E-state index contributed by atoms with van der Waals surface area (Å²) in [7, 11) is 0. The van der Waals surface area contributed by atoms with E-state index < -0.39 is 0 Å². The fraction of sp³-hybridized carbons (Fsp3) is 0.0870. The number of nitriles is 1. The quantitative estimate of drug-likeness (QED) is 0.712. The molecule has 0 fully saturated rings. The lowest BCUT2D eigenvalue weighted by Crippen LogP contribution is -2.23. The van der Waals surface area contributed by atoms with E-state index in [1.807, 2.05) is 37.3 Å². The van der Waals surface area contributed by atoms with E-state index in [0.717, 1.165) is 5.56 Å². The maximum Gasteiger partial charge on any atom is 0.255 e. The van der Waals surface area contributed by atoms with Crippen LogP contribution in [0.25, 0.3) is 0 Å². The SMILES string of the molecule is Cc1ccc(CNC(=O)c2ccc(C(=O)Nc3ccc(C#N)cc3)cc2)cc1. The van der Waals surface area contributed by atoms with Crippen LogP contribution in [0.3, 0.4) is 0 Å². The van der Waals surface area contributed by atoms with Crippen molar-refractivity contribution >= 4 is 17.5 Å². The molecule has 0 spiro atoms. The van der Waals surface area contributed by atoms with Gasteiger partial charge in [-0.05, 0) is 61.0 Å². The molecule has 0 unspecified atom stereocenters. The van der Waals surface area contributed by atoms with Gasteiger partial charge in [-0.15, -0.1) is 0 Å². The molecule has 3 aromatic rings. The van der Waals surface area contributed by atoms with Crippen LogP contribution in [0.2, 0.25) is 0 Å². The molecule has 0 aliphatic rings. The fourth-order valence-electron chi connectivity index (χ4n) is 2.59. The minimum absolute atomic E-state index is 0.195. The Morgan fingerprint density at radius 1 is 0.821 bits per heavy atom. The van der Waals surface area contributed by atoms with Gasteiger partial charge in [-0.25, -0.2) is 0 Å². The van der Waals surface area contributed by atoms with Crippen LogP contribution in [0.5, 0.6) is 0 Å². The fourth-order valence-corrected chi connectivity index (χ4v) is 2.59. The first-order valence-electron chi connectivity index (χ1n) is 8.80. The van der Waals surface area contributed by atoms with Crippen LogP contribution in [-0.2, 0) is 6.54 Å². The van der Waals surface area contributed by atoms with Gasteiger partial charge in [0.2, 0.25) is 0 Å². The summed E-state index contributed by atoms with van der Waals surface area (Å²) in [4.78, 5) is 24.6. The highest BCUT2D eigenvalue weighted by molar-refractivity contribution is 6.05. The third kappa shape index (κ3) is 4.83. The first kappa shape index (κ1) is 18.9. The summed E-state index contributed by atoms with van der Waals surface area (Å²) in [6.07, 6.45) is 0. The Hall–Kier alpha value is -3.91. The Kier molecular flexibility index (Phi) is 5.83. The van der Waals surface area contributed by atoms with Crippen molar-refractivity contribution in [2.45, 2.75) is 13.5 Å². The van der Waals surface area contributed by atoms with E-state index in [1.165, 1.54) is 5.56 Å². The standard InChI is InChI=1S/C23H19N3O2/c1-16-2-4-18(5-3-16)15-25-22(27)19-8-10-20(11-9-19)23(28)26-21-12-6-17(14-24)7-13-21/h2-13H,15H2,1H3,(H,25,27)(H,26,28). The molecule has 0 heterocycles. The van der Waals surface area contributed by atoms with Gasteiger partial charge in [0.1, 0.15) is 0 Å². The molecule has 2 amide bonds. The molecule has 3 aromatic carbocycles. The Morgan fingerprint density at radius 3 is 1.96 bits per heavy atom. The van der Waals surface area contributed by atoms with E-state index in [-0.39, 0.29) is 11.8 Å². The maximum atomic E-state index is 12.3. The van der Waals surface area contributed by atoms with Crippen LogP contribution in [0.4, 0.5) is 5.69 Å². The molecule has 5 heteroatoms. The molecule has 0 radical (unpaired) electrons. The normalized spacial score (nSPS) is 10.0. The van der Waals surface area contributed by atoms with Gasteiger partial charge >= 0.3 is 0 Å². The zero-order valence-corrected chi connectivity index (χ0v) is 15.4. The Balaban J connectivity index is 1.58. The predicted octanol–water partition coefficient (Wildman–Crippen LogP) is 4.05. The Bertz CT molecular complexity index is 1020. The average molecular weight is 369 g/mol. The van der Waals surface area contributed by atoms with Gasteiger partial charge < -0.3 is 10.6 Å². The molecule has 0 saturated carbocycles. The lowest BCUT2D eigenvalue weighted by Gasteiger charge is -2.08. The Morgan fingerprint density at radius 2 is 1.39 bits per heavy atom. The third-order valence-electron chi connectivity index (χ3n) is 4.25. The average Bonchev–Trinajstić information content (AvgIpc) is 2.73. The molecule has 0 bridgehead atoms. The number of hydrogen-bond donors (Lipinski definition) is 2. The topological polar surface area (TPSA) is 82.0 Å². The highest BCUT2D eigenvalue weighted by Gasteiger charge is 2.09. The van der Waals surface area contributed by atoms with Gasteiger partial charge in [-0.3, -0.25) is 9.59 Å². The number of rotatable bonds is 5. The van der Waals surface area contributed by atoms with Crippen LogP contribution in [0.1, 0.15) is 37.4 Å². The number of carbonyl (C=O) groups is 2. The van der Waals surface area contributed by atoms with Crippen molar-refractivity contribution in [3.05, 3.63) is 101 Å². The van der Waals surface area contributed by atoms with Crippen LogP contribution in [0, 0.1) is 18.3 Å². The van der Waals surface area contributed by atoms with Gasteiger partial charge in [-0.2, -0.15) is 5.26 Å². The van der Waals surface area contributed by atoms with Crippen molar-refractivity contribution in [2.75, 3.05) is 5.32 Å². The number of nitrogens with one attached hydrogen (secondary N) is 2. The third-order valence-corrected chi connectivity index (χ3v) is 4.25. The number of amides is 2. The molecule has 3 rings (SSSR count). The molecule has 0 aromatic heterocycles. The molecule has 0 aliphatic heterocycles. The summed E-state index contributed by atoms with van der Waals surface area (Å²) in [5.41, 5.74) is 4.26. The van der Waals surface area contributed by atoms with Crippen molar-refractivity contribution in [2.24, 2.45) is 0 Å². The molecular weight excluding hydrogens is 350 g/mol. The van der Waals surface area contributed by atoms with Crippen LogP contribution >= 0.6 is 0 Å². The zero-order valence-electron chi connectivity index (χ0n) is 15.4. The van der Waals surface area contributed by atoms with Gasteiger partial charge in [0.15, 0.2) is 0 Å². The molecule has 0 aliphatic carbocycles. The van der Waals surface area contributed by atoms with E-state index in [1.54, 1.807) is 48.5 Å². The van der Waals surface area contributed by atoms with Crippen molar-refractivity contribution < 1.29 is 9.59 Å². The van der Waals surface area contributed by atoms with E-state index >= 15 is 0 Å². The number of hydrogen-bond acceptors (Lipinski definition) is 3. The molecule has 0 atom stereocenters. The largest absolute Gasteiger partial charge is 0.348 e. The van der Waals surface area contributed by atoms with Gasteiger partial charge in [0, 0.05) is 23.4 Å². The van der Waals surface area contributed by atoms with Gasteiger partial charge in [0.25, 0.3) is 11.8 Å². The minimum Gasteiger partial charge on any atom is -0.348 e. The van der Waals surface area contributed by atoms with E-state index in [2.05, 4.69) is 10.6 Å². The smallest absolute Gasteiger partial charge is 0.255 e. The molecule has 2 N–H and O–H groups in total. The van der Waals surface area contributed by atoms with E-state index in [4.69, 9.17) is 5.26 Å². The summed E-state index contributed by atoms with van der Waals surface area (Å²) in [6.45, 7) is 2.46.